The fraction of sp³-hybridized carbons (Fsp3) is 0.949. The van der Waals surface area contributed by atoms with E-state index in [2.05, 4.69) is 48.5 Å². The molecule has 0 fully saturated rings. The van der Waals surface area contributed by atoms with Crippen molar-refractivity contribution in [1.29, 1.82) is 0 Å². The van der Waals surface area contributed by atoms with Gasteiger partial charge >= 0.3 is 39.5 Å². The number of hydrogen-bond acceptors (Lipinski definition) is 15. The maximum absolute atomic E-state index is 13.1. The van der Waals surface area contributed by atoms with Gasteiger partial charge in [0.1, 0.15) is 19.3 Å². The van der Waals surface area contributed by atoms with Crippen LogP contribution in [0.25, 0.3) is 0 Å². The lowest BCUT2D eigenvalue weighted by atomic mass is 10.0. The highest BCUT2D eigenvalue weighted by molar-refractivity contribution is 7.47. The lowest BCUT2D eigenvalue weighted by Crippen LogP contribution is -2.30. The van der Waals surface area contributed by atoms with Crippen molar-refractivity contribution >= 4 is 39.5 Å². The van der Waals surface area contributed by atoms with E-state index in [0.717, 1.165) is 102 Å². The number of rotatable bonds is 76. The quantitative estimate of drug-likeness (QED) is 0.0222. The van der Waals surface area contributed by atoms with Crippen molar-refractivity contribution in [2.75, 3.05) is 39.6 Å². The average Bonchev–Trinajstić information content (AvgIpc) is 1.27. The van der Waals surface area contributed by atoms with Gasteiger partial charge in [0.15, 0.2) is 12.2 Å². The molecule has 0 amide bonds. The SMILES string of the molecule is CCCCCCCCCCCCCCCCCCCCCCCCC(=O)O[C@H](COC(=O)CCCCCCCCCCCCCCC(C)C)COP(=O)(O)OC[C@@H](O)COP(=O)(O)OC[C@@H](COC(=O)CCCCCCCCCC(C)C)OC(=O)CCCCCCCCCC(C)C. The molecule has 0 aromatic carbocycles. The molecule has 0 bridgehead atoms. The van der Waals surface area contributed by atoms with E-state index in [1.807, 2.05) is 0 Å². The van der Waals surface area contributed by atoms with Gasteiger partial charge in [-0.25, -0.2) is 9.13 Å². The first-order valence-corrected chi connectivity index (χ1v) is 43.3. The number of esters is 4. The second-order valence-corrected chi connectivity index (χ2v) is 32.4. The van der Waals surface area contributed by atoms with Crippen LogP contribution >= 0.6 is 15.6 Å². The van der Waals surface area contributed by atoms with Gasteiger partial charge in [0.05, 0.1) is 26.4 Å². The molecule has 0 spiro atoms. The smallest absolute Gasteiger partial charge is 0.462 e. The van der Waals surface area contributed by atoms with E-state index in [1.165, 1.54) is 205 Å². The summed E-state index contributed by atoms with van der Waals surface area (Å²) in [6.07, 6.45) is 55.9. The molecule has 0 saturated carbocycles. The summed E-state index contributed by atoms with van der Waals surface area (Å²) < 4.78 is 68.5. The van der Waals surface area contributed by atoms with Gasteiger partial charge in [-0.3, -0.25) is 37.3 Å². The Balaban J connectivity index is 5.18. The van der Waals surface area contributed by atoms with Crippen molar-refractivity contribution in [3.8, 4) is 0 Å². The number of hydrogen-bond donors (Lipinski definition) is 3. The van der Waals surface area contributed by atoms with E-state index in [4.69, 9.17) is 37.0 Å². The van der Waals surface area contributed by atoms with Gasteiger partial charge in [0, 0.05) is 25.7 Å². The molecule has 0 aliphatic rings. The Morgan fingerprint density at radius 1 is 0.278 bits per heavy atom. The molecule has 576 valence electrons. The normalized spacial score (nSPS) is 14.0. The molecule has 0 rings (SSSR count). The van der Waals surface area contributed by atoms with E-state index in [-0.39, 0.29) is 25.7 Å². The number of carbonyl (C=O) groups is 4. The lowest BCUT2D eigenvalue weighted by Gasteiger charge is -2.21. The first kappa shape index (κ1) is 95.1. The molecule has 3 N–H and O–H groups in total. The molecule has 2 unspecified atom stereocenters. The number of ether oxygens (including phenoxy) is 4. The topological polar surface area (TPSA) is 237 Å². The van der Waals surface area contributed by atoms with Crippen LogP contribution < -0.4 is 0 Å². The van der Waals surface area contributed by atoms with E-state index in [1.54, 1.807) is 0 Å². The minimum atomic E-state index is -4.96. The summed E-state index contributed by atoms with van der Waals surface area (Å²) in [5, 5.41) is 10.6. The van der Waals surface area contributed by atoms with Gasteiger partial charge in [0.25, 0.3) is 0 Å². The molecule has 0 aliphatic carbocycles. The van der Waals surface area contributed by atoms with Gasteiger partial charge in [-0.1, -0.05) is 350 Å². The van der Waals surface area contributed by atoms with Gasteiger partial charge in [-0.2, -0.15) is 0 Å². The zero-order valence-electron chi connectivity index (χ0n) is 63.5. The predicted molar refractivity (Wildman–Crippen MR) is 395 cm³/mol. The number of phosphoric ester groups is 2. The monoisotopic (exact) mass is 1420 g/mol. The van der Waals surface area contributed by atoms with Crippen LogP contribution in [-0.2, 0) is 65.4 Å². The maximum Gasteiger partial charge on any atom is 0.472 e. The molecule has 0 radical (unpaired) electrons. The largest absolute Gasteiger partial charge is 0.472 e. The number of phosphoric acid groups is 2. The Kier molecular flexibility index (Phi) is 67.1. The number of aliphatic hydroxyl groups is 1. The molecule has 5 atom stereocenters. The summed E-state index contributed by atoms with van der Waals surface area (Å²) in [5.41, 5.74) is 0. The van der Waals surface area contributed by atoms with Crippen LogP contribution in [0.15, 0.2) is 0 Å². The van der Waals surface area contributed by atoms with Crippen molar-refractivity contribution in [2.45, 2.75) is 420 Å². The maximum atomic E-state index is 13.1. The van der Waals surface area contributed by atoms with E-state index in [0.29, 0.717) is 37.5 Å². The Morgan fingerprint density at radius 3 is 0.701 bits per heavy atom. The highest BCUT2D eigenvalue weighted by Gasteiger charge is 2.30. The van der Waals surface area contributed by atoms with Crippen molar-refractivity contribution in [3.05, 3.63) is 0 Å². The number of aliphatic hydroxyl groups excluding tert-OH is 1. The third-order valence-electron chi connectivity index (χ3n) is 18.1. The second kappa shape index (κ2) is 68.5. The lowest BCUT2D eigenvalue weighted by molar-refractivity contribution is -0.161. The van der Waals surface area contributed by atoms with E-state index in [9.17, 15) is 43.2 Å². The van der Waals surface area contributed by atoms with Crippen molar-refractivity contribution in [3.63, 3.8) is 0 Å². The van der Waals surface area contributed by atoms with E-state index < -0.39 is 97.5 Å². The highest BCUT2D eigenvalue weighted by Crippen LogP contribution is 2.45. The van der Waals surface area contributed by atoms with Crippen LogP contribution in [0.5, 0.6) is 0 Å². The van der Waals surface area contributed by atoms with Crippen LogP contribution in [0.2, 0.25) is 0 Å². The summed E-state index contributed by atoms with van der Waals surface area (Å²) in [5.74, 6) is 0.0615. The van der Waals surface area contributed by atoms with Crippen LogP contribution in [-0.4, -0.2) is 96.7 Å². The summed E-state index contributed by atoms with van der Waals surface area (Å²) in [7, 11) is -9.91. The van der Waals surface area contributed by atoms with Crippen LogP contribution in [0, 0.1) is 17.8 Å². The molecule has 97 heavy (non-hydrogen) atoms. The molecular formula is C78H152O17P2. The standard InChI is InChI=1S/C78H152O17P2/c1-8-9-10-11-12-13-14-15-16-17-18-19-20-21-22-23-24-29-32-39-47-54-61-77(82)94-73(65-88-75(80)59-52-45-38-31-28-26-25-27-30-35-42-49-56-69(2)3)67-92-96(84,85)90-63-72(79)64-91-97(86,87)93-68-74(95-78(83)62-55-48-41-34-37-44-51-58-71(6)7)66-89-76(81)60-53-46-40-33-36-43-50-57-70(4)5/h69-74,79H,8-68H2,1-7H3,(H,84,85)(H,86,87)/t72-,73-,74-/m1/s1. The molecule has 0 aromatic rings. The highest BCUT2D eigenvalue weighted by atomic mass is 31.2. The first-order valence-electron chi connectivity index (χ1n) is 40.3. The summed E-state index contributed by atoms with van der Waals surface area (Å²) >= 11 is 0. The van der Waals surface area contributed by atoms with Gasteiger partial charge in [-0.05, 0) is 43.4 Å². The van der Waals surface area contributed by atoms with Crippen LogP contribution in [0.4, 0.5) is 0 Å². The van der Waals surface area contributed by atoms with Gasteiger partial charge < -0.3 is 33.8 Å². The molecule has 0 aromatic heterocycles. The molecule has 17 nitrogen and oxygen atoms in total. The molecular weight excluding hydrogens is 1270 g/mol. The molecule has 0 heterocycles. The minimum Gasteiger partial charge on any atom is -0.462 e. The zero-order valence-corrected chi connectivity index (χ0v) is 65.3. The third-order valence-corrected chi connectivity index (χ3v) is 20.0. The van der Waals surface area contributed by atoms with E-state index >= 15 is 0 Å². The number of carbonyl (C=O) groups excluding carboxylic acids is 4. The average molecular weight is 1420 g/mol. The molecule has 0 saturated heterocycles. The Morgan fingerprint density at radius 2 is 0.474 bits per heavy atom. The summed E-state index contributed by atoms with van der Waals surface area (Å²) in [6.45, 7) is 11.8. The summed E-state index contributed by atoms with van der Waals surface area (Å²) in [6, 6.07) is 0. The predicted octanol–water partition coefficient (Wildman–Crippen LogP) is 23.0. The Labute approximate surface area is 594 Å². The summed E-state index contributed by atoms with van der Waals surface area (Å²) in [4.78, 5) is 72.8. The number of unbranched alkanes of at least 4 members (excludes halogenated alkanes) is 44. The fourth-order valence-electron chi connectivity index (χ4n) is 12.0. The third kappa shape index (κ3) is 72.2. The fourth-order valence-corrected chi connectivity index (χ4v) is 13.5. The van der Waals surface area contributed by atoms with Crippen LogP contribution in [0.3, 0.4) is 0 Å². The van der Waals surface area contributed by atoms with Crippen molar-refractivity contribution < 1.29 is 80.2 Å². The first-order chi connectivity index (χ1) is 46.7. The zero-order chi connectivity index (χ0) is 71.6. The van der Waals surface area contributed by atoms with Crippen LogP contribution in [0.1, 0.15) is 402 Å². The Hall–Kier alpha value is -1.94. The van der Waals surface area contributed by atoms with Gasteiger partial charge in [-0.15, -0.1) is 0 Å². The Bertz CT molecular complexity index is 1890. The van der Waals surface area contributed by atoms with Crippen molar-refractivity contribution in [2.24, 2.45) is 17.8 Å². The molecule has 0 aliphatic heterocycles. The minimum absolute atomic E-state index is 0.103. The second-order valence-electron chi connectivity index (χ2n) is 29.5. The molecule has 19 heteroatoms. The van der Waals surface area contributed by atoms with Crippen molar-refractivity contribution in [1.82, 2.24) is 0 Å². The van der Waals surface area contributed by atoms with Gasteiger partial charge in [0.2, 0.25) is 0 Å².